The van der Waals surface area contributed by atoms with Crippen molar-refractivity contribution >= 4 is 11.9 Å². The lowest BCUT2D eigenvalue weighted by molar-refractivity contribution is -0.155. The quantitative estimate of drug-likeness (QED) is 0.630. The molecule has 2 unspecified atom stereocenters. The molecule has 0 saturated carbocycles. The average Bonchev–Trinajstić information content (AvgIpc) is 2.68. The smallest absolute Gasteiger partial charge is 0.306 e. The lowest BCUT2D eigenvalue weighted by atomic mass is 9.82. The van der Waals surface area contributed by atoms with E-state index in [0.29, 0.717) is 0 Å². The fourth-order valence-electron chi connectivity index (χ4n) is 3.57. The Morgan fingerprint density at radius 2 is 1.43 bits per heavy atom. The molecule has 0 aliphatic heterocycles. The lowest BCUT2D eigenvalue weighted by Gasteiger charge is -2.37. The molecule has 2 aromatic rings. The number of hydrogen-bond acceptors (Lipinski definition) is 4. The van der Waals surface area contributed by atoms with Gasteiger partial charge in [0.25, 0.3) is 0 Å². The van der Waals surface area contributed by atoms with E-state index in [1.807, 2.05) is 74.8 Å². The van der Waals surface area contributed by atoms with Crippen LogP contribution in [0.2, 0.25) is 0 Å². The lowest BCUT2D eigenvalue weighted by Crippen LogP contribution is -2.45. The van der Waals surface area contributed by atoms with E-state index in [2.05, 4.69) is 11.8 Å². The molecule has 2 rings (SSSR count). The third kappa shape index (κ3) is 5.92. The highest BCUT2D eigenvalue weighted by Gasteiger charge is 2.35. The number of likely N-dealkylation sites (N-methyl/N-ethyl adjacent to an activating group) is 1. The second-order valence-corrected chi connectivity index (χ2v) is 7.09. The van der Waals surface area contributed by atoms with Crippen molar-refractivity contribution in [1.82, 2.24) is 4.90 Å². The van der Waals surface area contributed by atoms with Crippen molar-refractivity contribution in [3.63, 3.8) is 0 Å². The number of carboxylic acids is 1. The Bertz CT molecular complexity index is 706. The summed E-state index contributed by atoms with van der Waals surface area (Å²) in [5, 5.41) is 8.89. The van der Waals surface area contributed by atoms with Gasteiger partial charge in [-0.3, -0.25) is 9.59 Å². The molecule has 5 nitrogen and oxygen atoms in total. The van der Waals surface area contributed by atoms with Crippen LogP contribution in [0.25, 0.3) is 0 Å². The minimum absolute atomic E-state index is 0.0146. The van der Waals surface area contributed by atoms with Crippen LogP contribution in [0.5, 0.6) is 0 Å². The number of esters is 1. The summed E-state index contributed by atoms with van der Waals surface area (Å²) in [6.45, 7) is 2.07. The molecule has 1 N–H and O–H groups in total. The third-order valence-electron chi connectivity index (χ3n) is 4.92. The van der Waals surface area contributed by atoms with Crippen LogP contribution in [0.15, 0.2) is 60.7 Å². The molecule has 0 aliphatic rings. The first-order valence-electron chi connectivity index (χ1n) is 9.61. The Labute approximate surface area is 166 Å². The summed E-state index contributed by atoms with van der Waals surface area (Å²) in [4.78, 5) is 25.4. The number of carboxylic acid groups (broad SMARTS) is 1. The number of benzene rings is 2. The molecule has 0 heterocycles. The fourth-order valence-corrected chi connectivity index (χ4v) is 3.57. The topological polar surface area (TPSA) is 66.8 Å². The van der Waals surface area contributed by atoms with Gasteiger partial charge in [0, 0.05) is 12.0 Å². The van der Waals surface area contributed by atoms with Gasteiger partial charge in [0.15, 0.2) is 0 Å². The van der Waals surface area contributed by atoms with Crippen molar-refractivity contribution < 1.29 is 19.4 Å². The molecule has 0 spiro atoms. The normalized spacial score (nSPS) is 13.3. The Morgan fingerprint density at radius 3 is 1.82 bits per heavy atom. The molecule has 2 aromatic carbocycles. The summed E-state index contributed by atoms with van der Waals surface area (Å²) in [5.41, 5.74) is 2.12. The number of carbonyl (C=O) groups excluding carboxylic acids is 1. The molecule has 0 saturated heterocycles. The van der Waals surface area contributed by atoms with Crippen molar-refractivity contribution in [3.05, 3.63) is 71.8 Å². The summed E-state index contributed by atoms with van der Waals surface area (Å²) >= 11 is 0. The molecule has 0 aliphatic carbocycles. The monoisotopic (exact) mass is 383 g/mol. The predicted octanol–water partition coefficient (Wildman–Crippen LogP) is 3.94. The zero-order valence-corrected chi connectivity index (χ0v) is 16.7. The van der Waals surface area contributed by atoms with Crippen LogP contribution in [-0.4, -0.2) is 48.2 Å². The average molecular weight is 383 g/mol. The number of rotatable bonds is 10. The number of carbonyl (C=O) groups is 2. The summed E-state index contributed by atoms with van der Waals surface area (Å²) < 4.78 is 5.94. The summed E-state index contributed by atoms with van der Waals surface area (Å²) in [7, 11) is 3.94. The molecule has 0 bridgehead atoms. The highest BCUT2D eigenvalue weighted by molar-refractivity contribution is 5.76. The van der Waals surface area contributed by atoms with Gasteiger partial charge in [0.1, 0.15) is 6.10 Å². The van der Waals surface area contributed by atoms with Gasteiger partial charge in [0.2, 0.25) is 0 Å². The van der Waals surface area contributed by atoms with Gasteiger partial charge >= 0.3 is 11.9 Å². The minimum atomic E-state index is -1.00. The number of hydrogen-bond donors (Lipinski definition) is 1. The van der Waals surface area contributed by atoms with Crippen molar-refractivity contribution in [2.75, 3.05) is 14.1 Å². The van der Waals surface area contributed by atoms with E-state index >= 15 is 0 Å². The number of ether oxygens (including phenoxy) is 1. The molecule has 0 aromatic heterocycles. The van der Waals surface area contributed by atoms with E-state index in [9.17, 15) is 9.59 Å². The summed E-state index contributed by atoms with van der Waals surface area (Å²) in [5.74, 6) is -1.64. The fraction of sp³-hybridized carbons (Fsp3) is 0.391. The van der Waals surface area contributed by atoms with E-state index in [1.54, 1.807) is 0 Å². The second-order valence-electron chi connectivity index (χ2n) is 7.09. The van der Waals surface area contributed by atoms with Crippen LogP contribution in [-0.2, 0) is 14.3 Å². The van der Waals surface area contributed by atoms with Crippen molar-refractivity contribution in [1.29, 1.82) is 0 Å². The molecule has 2 atom stereocenters. The SMILES string of the molecule is CCC(C(OC(=O)CCC(=O)O)C(c1ccccc1)c1ccccc1)N(C)C. The van der Waals surface area contributed by atoms with Crippen LogP contribution in [0.4, 0.5) is 0 Å². The van der Waals surface area contributed by atoms with Gasteiger partial charge < -0.3 is 14.7 Å². The standard InChI is InChI=1S/C23H29NO4/c1-4-19(24(2)3)23(28-21(27)16-15-20(25)26)22(17-11-7-5-8-12-17)18-13-9-6-10-14-18/h5-14,19,22-23H,4,15-16H2,1-3H3,(H,25,26). The molecule has 5 heteroatoms. The van der Waals surface area contributed by atoms with Gasteiger partial charge in [-0.05, 0) is 31.6 Å². The van der Waals surface area contributed by atoms with Crippen LogP contribution in [0.1, 0.15) is 43.2 Å². The van der Waals surface area contributed by atoms with Gasteiger partial charge in [-0.2, -0.15) is 0 Å². The Balaban J connectivity index is 2.45. The van der Waals surface area contributed by atoms with Crippen molar-refractivity contribution in [2.45, 2.75) is 44.2 Å². The summed E-state index contributed by atoms with van der Waals surface area (Å²) in [6.07, 6.45) is -0.0105. The van der Waals surface area contributed by atoms with E-state index in [0.717, 1.165) is 17.5 Å². The Morgan fingerprint density at radius 1 is 0.929 bits per heavy atom. The molecular formula is C23H29NO4. The Kier molecular flexibility index (Phi) is 8.20. The zero-order chi connectivity index (χ0) is 20.5. The Hall–Kier alpha value is -2.66. The van der Waals surface area contributed by atoms with Crippen LogP contribution in [0.3, 0.4) is 0 Å². The maximum Gasteiger partial charge on any atom is 0.306 e. The molecule has 0 radical (unpaired) electrons. The number of nitrogens with zero attached hydrogens (tertiary/aromatic N) is 1. The maximum atomic E-state index is 12.5. The van der Waals surface area contributed by atoms with Crippen molar-refractivity contribution in [3.8, 4) is 0 Å². The van der Waals surface area contributed by atoms with Gasteiger partial charge in [0.05, 0.1) is 12.8 Å². The van der Waals surface area contributed by atoms with Gasteiger partial charge in [-0.25, -0.2) is 0 Å². The molecule has 0 amide bonds. The maximum absolute atomic E-state index is 12.5. The first-order chi connectivity index (χ1) is 13.4. The van der Waals surface area contributed by atoms with Gasteiger partial charge in [-0.1, -0.05) is 67.6 Å². The summed E-state index contributed by atoms with van der Waals surface area (Å²) in [6, 6.07) is 20.0. The molecular weight excluding hydrogens is 354 g/mol. The molecule has 150 valence electrons. The molecule has 28 heavy (non-hydrogen) atoms. The van der Waals surface area contributed by atoms with Crippen LogP contribution >= 0.6 is 0 Å². The second kappa shape index (κ2) is 10.6. The van der Waals surface area contributed by atoms with E-state index in [-0.39, 0.29) is 24.8 Å². The molecule has 0 fully saturated rings. The first kappa shape index (κ1) is 21.6. The van der Waals surface area contributed by atoms with Crippen molar-refractivity contribution in [2.24, 2.45) is 0 Å². The minimum Gasteiger partial charge on any atom is -0.481 e. The van der Waals surface area contributed by atoms with Crippen LogP contribution in [0, 0.1) is 0 Å². The third-order valence-corrected chi connectivity index (χ3v) is 4.92. The van der Waals surface area contributed by atoms with Gasteiger partial charge in [-0.15, -0.1) is 0 Å². The number of aliphatic carboxylic acids is 1. The largest absolute Gasteiger partial charge is 0.481 e. The van der Waals surface area contributed by atoms with E-state index < -0.39 is 18.0 Å². The van der Waals surface area contributed by atoms with Crippen LogP contribution < -0.4 is 0 Å². The van der Waals surface area contributed by atoms with E-state index in [1.165, 1.54) is 0 Å². The highest BCUT2D eigenvalue weighted by Crippen LogP contribution is 2.33. The van der Waals surface area contributed by atoms with E-state index in [4.69, 9.17) is 9.84 Å². The highest BCUT2D eigenvalue weighted by atomic mass is 16.5. The zero-order valence-electron chi connectivity index (χ0n) is 16.7. The predicted molar refractivity (Wildman–Crippen MR) is 109 cm³/mol. The first-order valence-corrected chi connectivity index (χ1v) is 9.61.